The van der Waals surface area contributed by atoms with Crippen LogP contribution in [0.4, 0.5) is 4.79 Å². The fourth-order valence-corrected chi connectivity index (χ4v) is 3.31. The lowest BCUT2D eigenvalue weighted by Crippen LogP contribution is -2.40. The summed E-state index contributed by atoms with van der Waals surface area (Å²) in [7, 11) is 1.83. The maximum atomic E-state index is 12.2. The summed E-state index contributed by atoms with van der Waals surface area (Å²) in [5.74, 6) is 0. The van der Waals surface area contributed by atoms with Gasteiger partial charge in [-0.15, -0.1) is 22.7 Å². The van der Waals surface area contributed by atoms with Crippen molar-refractivity contribution >= 4 is 28.7 Å². The Morgan fingerprint density at radius 2 is 2.30 bits per heavy atom. The number of thiazole rings is 1. The molecule has 2 aromatic heterocycles. The number of likely N-dealkylation sites (N-methyl/N-ethyl adjacent to an activating group) is 1. The smallest absolute Gasteiger partial charge is 0.317 e. The van der Waals surface area contributed by atoms with E-state index in [4.69, 9.17) is 0 Å². The molecule has 4 nitrogen and oxygen atoms in total. The third kappa shape index (κ3) is 4.05. The van der Waals surface area contributed by atoms with E-state index in [1.54, 1.807) is 33.8 Å². The highest BCUT2D eigenvalue weighted by atomic mass is 32.1. The van der Waals surface area contributed by atoms with Crippen LogP contribution in [-0.4, -0.2) is 29.5 Å². The van der Waals surface area contributed by atoms with Gasteiger partial charge in [0.2, 0.25) is 0 Å². The summed E-state index contributed by atoms with van der Waals surface area (Å²) in [4.78, 5) is 19.5. The lowest BCUT2D eigenvalue weighted by molar-refractivity contribution is 0.205. The van der Waals surface area contributed by atoms with Gasteiger partial charge in [-0.1, -0.05) is 13.0 Å². The predicted octanol–water partition coefficient (Wildman–Crippen LogP) is 3.54. The van der Waals surface area contributed by atoms with Crippen LogP contribution in [0.25, 0.3) is 0 Å². The number of nitrogens with one attached hydrogen (secondary N) is 1. The van der Waals surface area contributed by atoms with Crippen LogP contribution < -0.4 is 5.32 Å². The quantitative estimate of drug-likeness (QED) is 0.887. The molecule has 0 saturated carbocycles. The summed E-state index contributed by atoms with van der Waals surface area (Å²) in [6.45, 7) is 2.78. The Morgan fingerprint density at radius 3 is 2.90 bits per heavy atom. The average molecular weight is 309 g/mol. The first-order chi connectivity index (χ1) is 9.70. The average Bonchev–Trinajstić information content (AvgIpc) is 3.14. The van der Waals surface area contributed by atoms with E-state index in [1.807, 2.05) is 18.5 Å². The van der Waals surface area contributed by atoms with Crippen molar-refractivity contribution in [2.24, 2.45) is 0 Å². The fraction of sp³-hybridized carbons (Fsp3) is 0.429. The Bertz CT molecular complexity index is 511. The fourth-order valence-electron chi connectivity index (χ4n) is 1.84. The summed E-state index contributed by atoms with van der Waals surface area (Å²) in [6.07, 6.45) is 3.52. The molecule has 2 aromatic rings. The SMILES string of the molecule is CC[C@H](NC(=O)N(C)CCc1cccs1)c1nccs1. The molecule has 0 fully saturated rings. The van der Waals surface area contributed by atoms with Crippen molar-refractivity contribution in [1.82, 2.24) is 15.2 Å². The second-order valence-corrected chi connectivity index (χ2v) is 6.49. The van der Waals surface area contributed by atoms with E-state index in [-0.39, 0.29) is 12.1 Å². The van der Waals surface area contributed by atoms with Gasteiger partial charge in [-0.05, 0) is 24.3 Å². The van der Waals surface area contributed by atoms with Crippen molar-refractivity contribution in [1.29, 1.82) is 0 Å². The molecule has 1 atom stereocenters. The van der Waals surface area contributed by atoms with Crippen molar-refractivity contribution in [2.45, 2.75) is 25.8 Å². The zero-order chi connectivity index (χ0) is 14.4. The molecule has 0 unspecified atom stereocenters. The lowest BCUT2D eigenvalue weighted by Gasteiger charge is -2.21. The highest BCUT2D eigenvalue weighted by Crippen LogP contribution is 2.19. The van der Waals surface area contributed by atoms with Crippen LogP contribution in [0, 0.1) is 0 Å². The summed E-state index contributed by atoms with van der Waals surface area (Å²) in [5, 5.41) is 8.00. The second-order valence-electron chi connectivity index (χ2n) is 4.53. The molecule has 0 aliphatic rings. The van der Waals surface area contributed by atoms with Gasteiger partial charge >= 0.3 is 6.03 Å². The first-order valence-corrected chi connectivity index (χ1v) is 8.40. The molecular weight excluding hydrogens is 290 g/mol. The number of thiophene rings is 1. The van der Waals surface area contributed by atoms with E-state index < -0.39 is 0 Å². The lowest BCUT2D eigenvalue weighted by atomic mass is 10.2. The van der Waals surface area contributed by atoms with Crippen LogP contribution in [-0.2, 0) is 6.42 Å². The van der Waals surface area contributed by atoms with E-state index >= 15 is 0 Å². The zero-order valence-electron chi connectivity index (χ0n) is 11.7. The van der Waals surface area contributed by atoms with Gasteiger partial charge in [-0.25, -0.2) is 9.78 Å². The first-order valence-electron chi connectivity index (χ1n) is 6.64. The third-order valence-corrected chi connectivity index (χ3v) is 4.90. The highest BCUT2D eigenvalue weighted by molar-refractivity contribution is 7.10. The number of aromatic nitrogens is 1. The van der Waals surface area contributed by atoms with E-state index in [0.29, 0.717) is 0 Å². The van der Waals surface area contributed by atoms with Gasteiger partial charge in [0.25, 0.3) is 0 Å². The van der Waals surface area contributed by atoms with Crippen molar-refractivity contribution in [3.05, 3.63) is 39.0 Å². The van der Waals surface area contributed by atoms with E-state index in [2.05, 4.69) is 28.7 Å². The number of hydrogen-bond acceptors (Lipinski definition) is 4. The number of carbonyl (C=O) groups excluding carboxylic acids is 1. The molecule has 0 spiro atoms. The molecule has 0 aromatic carbocycles. The van der Waals surface area contributed by atoms with Gasteiger partial charge in [0.1, 0.15) is 5.01 Å². The van der Waals surface area contributed by atoms with Gasteiger partial charge in [-0.2, -0.15) is 0 Å². The molecule has 0 radical (unpaired) electrons. The molecule has 6 heteroatoms. The minimum atomic E-state index is -0.0383. The molecule has 2 heterocycles. The Kier molecular flexibility index (Phi) is 5.55. The van der Waals surface area contributed by atoms with E-state index in [1.165, 1.54) is 4.88 Å². The van der Waals surface area contributed by atoms with Gasteiger partial charge < -0.3 is 10.2 Å². The topological polar surface area (TPSA) is 45.2 Å². The number of nitrogens with zero attached hydrogens (tertiary/aromatic N) is 2. The van der Waals surface area contributed by atoms with Gasteiger partial charge in [0.15, 0.2) is 0 Å². The first kappa shape index (κ1) is 15.0. The Hall–Kier alpha value is -1.40. The molecule has 2 rings (SSSR count). The Labute approximate surface area is 127 Å². The number of rotatable bonds is 6. The van der Waals surface area contributed by atoms with Crippen LogP contribution in [0.2, 0.25) is 0 Å². The van der Waals surface area contributed by atoms with Crippen LogP contribution in [0.1, 0.15) is 29.3 Å². The van der Waals surface area contributed by atoms with Crippen LogP contribution in [0.3, 0.4) is 0 Å². The van der Waals surface area contributed by atoms with Crippen molar-refractivity contribution in [3.8, 4) is 0 Å². The molecule has 0 bridgehead atoms. The maximum absolute atomic E-state index is 12.2. The van der Waals surface area contributed by atoms with Crippen molar-refractivity contribution < 1.29 is 4.79 Å². The van der Waals surface area contributed by atoms with Gasteiger partial charge in [-0.3, -0.25) is 0 Å². The molecule has 0 saturated heterocycles. The van der Waals surface area contributed by atoms with Crippen LogP contribution in [0.5, 0.6) is 0 Å². The van der Waals surface area contributed by atoms with E-state index in [0.717, 1.165) is 24.4 Å². The van der Waals surface area contributed by atoms with Gasteiger partial charge in [0, 0.05) is 30.0 Å². The molecule has 108 valence electrons. The molecular formula is C14H19N3OS2. The normalized spacial score (nSPS) is 12.1. The monoisotopic (exact) mass is 309 g/mol. The maximum Gasteiger partial charge on any atom is 0.317 e. The molecule has 0 aliphatic carbocycles. The summed E-state index contributed by atoms with van der Waals surface area (Å²) in [5.41, 5.74) is 0. The van der Waals surface area contributed by atoms with E-state index in [9.17, 15) is 4.79 Å². The number of carbonyl (C=O) groups is 1. The van der Waals surface area contributed by atoms with Crippen molar-refractivity contribution in [2.75, 3.05) is 13.6 Å². The highest BCUT2D eigenvalue weighted by Gasteiger charge is 2.17. The number of amides is 2. The minimum Gasteiger partial charge on any atom is -0.329 e. The number of urea groups is 1. The predicted molar refractivity (Wildman–Crippen MR) is 84.3 cm³/mol. The third-order valence-electron chi connectivity index (χ3n) is 3.08. The van der Waals surface area contributed by atoms with Gasteiger partial charge in [0.05, 0.1) is 6.04 Å². The van der Waals surface area contributed by atoms with Crippen LogP contribution >= 0.6 is 22.7 Å². The largest absolute Gasteiger partial charge is 0.329 e. The Balaban J connectivity index is 1.83. The molecule has 2 amide bonds. The summed E-state index contributed by atoms with van der Waals surface area (Å²) >= 11 is 3.30. The zero-order valence-corrected chi connectivity index (χ0v) is 13.3. The Morgan fingerprint density at radius 1 is 1.45 bits per heavy atom. The molecule has 0 aliphatic heterocycles. The summed E-state index contributed by atoms with van der Waals surface area (Å²) in [6, 6.07) is 4.10. The van der Waals surface area contributed by atoms with Crippen LogP contribution in [0.15, 0.2) is 29.1 Å². The van der Waals surface area contributed by atoms with Crippen molar-refractivity contribution in [3.63, 3.8) is 0 Å². The minimum absolute atomic E-state index is 0.00619. The standard InChI is InChI=1S/C14H19N3OS2/c1-3-12(13-15-7-10-20-13)16-14(18)17(2)8-6-11-5-4-9-19-11/h4-5,7,9-10,12H,3,6,8H2,1-2H3,(H,16,18)/t12-/m0/s1. The number of hydrogen-bond donors (Lipinski definition) is 1. The second kappa shape index (κ2) is 7.40. The molecule has 20 heavy (non-hydrogen) atoms. The summed E-state index contributed by atoms with van der Waals surface area (Å²) < 4.78 is 0. The molecule has 1 N–H and O–H groups in total.